The molecule has 3 heterocycles. The number of hydrogen-bond acceptors (Lipinski definition) is 7. The van der Waals surface area contributed by atoms with Crippen LogP contribution in [0.15, 0.2) is 90.1 Å². The number of amides is 2. The highest BCUT2D eigenvalue weighted by Crippen LogP contribution is 2.37. The molecular formula is C28H19ClN6O4. The highest BCUT2D eigenvalue weighted by Gasteiger charge is 2.20. The second-order valence-electron chi connectivity index (χ2n) is 8.35. The van der Waals surface area contributed by atoms with Crippen molar-refractivity contribution < 1.29 is 19.1 Å². The quantitative estimate of drug-likeness (QED) is 0.254. The summed E-state index contributed by atoms with van der Waals surface area (Å²) in [5.74, 6) is -0.999. The van der Waals surface area contributed by atoms with Crippen molar-refractivity contribution >= 4 is 34.9 Å². The molecule has 2 aromatic carbocycles. The molecule has 0 fully saturated rings. The van der Waals surface area contributed by atoms with Crippen molar-refractivity contribution in [2.75, 3.05) is 10.6 Å². The fraction of sp³-hybridized carbons (Fsp3) is 0.0357. The third-order valence-electron chi connectivity index (χ3n) is 5.69. The number of carbonyl (C=O) groups is 2. The van der Waals surface area contributed by atoms with E-state index >= 15 is 0 Å². The molecule has 192 valence electrons. The molecule has 39 heavy (non-hydrogen) atoms. The molecule has 0 saturated carbocycles. The Morgan fingerprint density at radius 3 is 2.67 bits per heavy atom. The summed E-state index contributed by atoms with van der Waals surface area (Å²) < 4.78 is 6.80. The van der Waals surface area contributed by atoms with Crippen molar-refractivity contribution in [1.29, 1.82) is 5.26 Å². The highest BCUT2D eigenvalue weighted by molar-refractivity contribution is 6.30. The molecule has 0 aliphatic heterocycles. The first kappa shape index (κ1) is 25.3. The Labute approximate surface area is 227 Å². The van der Waals surface area contributed by atoms with Gasteiger partial charge in [-0.3, -0.25) is 9.59 Å². The van der Waals surface area contributed by atoms with Crippen LogP contribution in [0.5, 0.6) is 5.75 Å². The normalized spacial score (nSPS) is 10.6. The Morgan fingerprint density at radius 2 is 1.95 bits per heavy atom. The summed E-state index contributed by atoms with van der Waals surface area (Å²) in [6, 6.07) is 18.2. The van der Waals surface area contributed by atoms with Crippen LogP contribution in [0.25, 0.3) is 22.4 Å². The van der Waals surface area contributed by atoms with Gasteiger partial charge < -0.3 is 24.7 Å². The number of rotatable bonds is 7. The molecule has 0 unspecified atom stereocenters. The van der Waals surface area contributed by atoms with Crippen LogP contribution in [0, 0.1) is 11.3 Å². The smallest absolute Gasteiger partial charge is 0.292 e. The maximum Gasteiger partial charge on any atom is 0.292 e. The van der Waals surface area contributed by atoms with Crippen molar-refractivity contribution in [3.8, 4) is 34.2 Å². The molecule has 5 aromatic rings. The Balaban J connectivity index is 1.57. The number of benzene rings is 2. The van der Waals surface area contributed by atoms with Gasteiger partial charge in [0, 0.05) is 34.2 Å². The number of aromatic hydroxyl groups is 1. The minimum Gasteiger partial charge on any atom is -0.507 e. The number of nitrogens with one attached hydrogen (secondary N) is 2. The molecule has 5 rings (SSSR count). The number of imidazole rings is 1. The number of pyridine rings is 1. The van der Waals surface area contributed by atoms with E-state index in [4.69, 9.17) is 16.0 Å². The average Bonchev–Trinajstić information content (AvgIpc) is 3.63. The second-order valence-corrected chi connectivity index (χ2v) is 8.78. The first-order valence-corrected chi connectivity index (χ1v) is 11.9. The van der Waals surface area contributed by atoms with Crippen molar-refractivity contribution in [3.05, 3.63) is 102 Å². The zero-order chi connectivity index (χ0) is 27.4. The standard InChI is InChI=1S/C28H19ClN6O4/c29-18-6-7-20(24(36)12-18)23-13-21(22(14-30)27(33-23)34-28(38)25-5-2-10-39-25)17-3-1-4-19(11-17)32-26(37)15-35-9-8-31-16-35/h1-13,16,36H,15H2,(H,32,37)(H,33,34,38). The van der Waals surface area contributed by atoms with Gasteiger partial charge in [-0.1, -0.05) is 23.7 Å². The largest absolute Gasteiger partial charge is 0.507 e. The Morgan fingerprint density at radius 1 is 1.08 bits per heavy atom. The van der Waals surface area contributed by atoms with Gasteiger partial charge in [0.1, 0.15) is 23.9 Å². The predicted octanol–water partition coefficient (Wildman–Crippen LogP) is 5.33. The number of carbonyl (C=O) groups excluding carboxylic acids is 2. The number of phenolic OH excluding ortho intramolecular Hbond substituents is 1. The van der Waals surface area contributed by atoms with E-state index < -0.39 is 5.91 Å². The van der Waals surface area contributed by atoms with E-state index in [1.54, 1.807) is 71.8 Å². The van der Waals surface area contributed by atoms with Gasteiger partial charge in [-0.05, 0) is 54.1 Å². The van der Waals surface area contributed by atoms with Gasteiger partial charge >= 0.3 is 0 Å². The summed E-state index contributed by atoms with van der Waals surface area (Å²) in [6.07, 6.45) is 6.16. The number of aromatic nitrogens is 3. The van der Waals surface area contributed by atoms with E-state index in [0.29, 0.717) is 27.4 Å². The molecule has 11 heteroatoms. The molecule has 0 aliphatic rings. The highest BCUT2D eigenvalue weighted by atomic mass is 35.5. The van der Waals surface area contributed by atoms with E-state index in [1.807, 2.05) is 0 Å². The van der Waals surface area contributed by atoms with Crippen LogP contribution >= 0.6 is 11.6 Å². The topological polar surface area (TPSA) is 146 Å². The summed E-state index contributed by atoms with van der Waals surface area (Å²) in [5.41, 5.74) is 2.17. The van der Waals surface area contributed by atoms with Crippen LogP contribution in [0.1, 0.15) is 16.1 Å². The van der Waals surface area contributed by atoms with E-state index in [1.165, 1.54) is 18.4 Å². The lowest BCUT2D eigenvalue weighted by Gasteiger charge is -2.15. The number of nitrogens with zero attached hydrogens (tertiary/aromatic N) is 4. The lowest BCUT2D eigenvalue weighted by Crippen LogP contribution is -2.17. The molecule has 2 amide bonds. The molecule has 10 nitrogen and oxygen atoms in total. The Bertz CT molecular complexity index is 1710. The minimum atomic E-state index is -0.604. The van der Waals surface area contributed by atoms with Crippen LogP contribution in [-0.4, -0.2) is 31.5 Å². The van der Waals surface area contributed by atoms with E-state index in [9.17, 15) is 20.0 Å². The Kier molecular flexibility index (Phi) is 7.07. The fourth-order valence-electron chi connectivity index (χ4n) is 3.92. The van der Waals surface area contributed by atoms with Crippen molar-refractivity contribution in [2.45, 2.75) is 6.54 Å². The number of halogens is 1. The van der Waals surface area contributed by atoms with Crippen LogP contribution in [0.3, 0.4) is 0 Å². The molecule has 0 atom stereocenters. The summed E-state index contributed by atoms with van der Waals surface area (Å²) in [7, 11) is 0. The van der Waals surface area contributed by atoms with Gasteiger partial charge in [0.25, 0.3) is 5.91 Å². The SMILES string of the molecule is N#Cc1c(-c2cccc(NC(=O)Cn3ccnc3)c2)cc(-c2ccc(Cl)cc2O)nc1NC(=O)c1ccco1. The van der Waals surface area contributed by atoms with Crippen molar-refractivity contribution in [3.63, 3.8) is 0 Å². The zero-order valence-corrected chi connectivity index (χ0v) is 20.9. The molecule has 0 bridgehead atoms. The van der Waals surface area contributed by atoms with Gasteiger partial charge in [-0.25, -0.2) is 9.97 Å². The molecule has 0 spiro atoms. The van der Waals surface area contributed by atoms with Gasteiger partial charge in [0.05, 0.1) is 18.3 Å². The van der Waals surface area contributed by atoms with E-state index in [0.717, 1.165) is 0 Å². The van der Waals surface area contributed by atoms with Crippen molar-refractivity contribution in [1.82, 2.24) is 14.5 Å². The minimum absolute atomic E-state index is 0.0320. The van der Waals surface area contributed by atoms with Crippen LogP contribution in [-0.2, 0) is 11.3 Å². The first-order valence-electron chi connectivity index (χ1n) is 11.6. The number of anilines is 2. The van der Waals surface area contributed by atoms with Gasteiger partial charge in [0.2, 0.25) is 5.91 Å². The monoisotopic (exact) mass is 538 g/mol. The molecule has 3 N–H and O–H groups in total. The van der Waals surface area contributed by atoms with Crippen LogP contribution in [0.2, 0.25) is 5.02 Å². The van der Waals surface area contributed by atoms with Gasteiger partial charge in [0.15, 0.2) is 11.6 Å². The fourth-order valence-corrected chi connectivity index (χ4v) is 4.09. The number of hydrogen-bond donors (Lipinski definition) is 3. The molecule has 3 aromatic heterocycles. The molecular weight excluding hydrogens is 520 g/mol. The lowest BCUT2D eigenvalue weighted by atomic mass is 9.97. The van der Waals surface area contributed by atoms with Crippen molar-refractivity contribution in [2.24, 2.45) is 0 Å². The zero-order valence-electron chi connectivity index (χ0n) is 20.1. The Hall–Kier alpha value is -5.40. The van der Waals surface area contributed by atoms with E-state index in [-0.39, 0.29) is 41.0 Å². The van der Waals surface area contributed by atoms with E-state index in [2.05, 4.69) is 26.7 Å². The number of phenols is 1. The van der Waals surface area contributed by atoms with Crippen LogP contribution in [0.4, 0.5) is 11.5 Å². The number of nitriles is 1. The molecule has 0 radical (unpaired) electrons. The third kappa shape index (κ3) is 5.64. The number of furan rings is 1. The van der Waals surface area contributed by atoms with Gasteiger partial charge in [-0.15, -0.1) is 0 Å². The maximum atomic E-state index is 12.8. The molecule has 0 aliphatic carbocycles. The summed E-state index contributed by atoms with van der Waals surface area (Å²) in [4.78, 5) is 33.7. The summed E-state index contributed by atoms with van der Waals surface area (Å²) >= 11 is 6.01. The van der Waals surface area contributed by atoms with Crippen LogP contribution < -0.4 is 10.6 Å². The maximum absolute atomic E-state index is 12.8. The summed E-state index contributed by atoms with van der Waals surface area (Å²) in [6.45, 7) is 0.0753. The summed E-state index contributed by atoms with van der Waals surface area (Å²) in [5, 5.41) is 26.5. The lowest BCUT2D eigenvalue weighted by molar-refractivity contribution is -0.116. The van der Waals surface area contributed by atoms with Gasteiger partial charge in [-0.2, -0.15) is 5.26 Å². The second kappa shape index (κ2) is 10.9. The molecule has 0 saturated heterocycles. The first-order chi connectivity index (χ1) is 18.9. The average molecular weight is 539 g/mol. The predicted molar refractivity (Wildman–Crippen MR) is 144 cm³/mol. The third-order valence-corrected chi connectivity index (χ3v) is 5.92.